The van der Waals surface area contributed by atoms with Crippen LogP contribution in [0.4, 0.5) is 4.39 Å². The van der Waals surface area contributed by atoms with Crippen LogP contribution in [0.15, 0.2) is 64.6 Å². The molecule has 2 heterocycles. The predicted molar refractivity (Wildman–Crippen MR) is 104 cm³/mol. The third kappa shape index (κ3) is 4.11. The molecule has 0 saturated heterocycles. The van der Waals surface area contributed by atoms with Gasteiger partial charge in [-0.05, 0) is 36.4 Å². The SMILES string of the molecule is O=C(OCc1coc(-c2ccc(F)cc2)n1)c1csc(-c2ccc(Cl)cc2)n1. The van der Waals surface area contributed by atoms with Crippen molar-refractivity contribution in [3.63, 3.8) is 0 Å². The minimum atomic E-state index is -0.553. The van der Waals surface area contributed by atoms with E-state index in [0.717, 1.165) is 5.56 Å². The van der Waals surface area contributed by atoms with Gasteiger partial charge in [-0.2, -0.15) is 0 Å². The number of nitrogens with zero attached hydrogens (tertiary/aromatic N) is 2. The van der Waals surface area contributed by atoms with E-state index in [-0.39, 0.29) is 18.1 Å². The normalized spacial score (nSPS) is 10.8. The molecule has 4 rings (SSSR count). The monoisotopic (exact) mass is 414 g/mol. The maximum absolute atomic E-state index is 13.0. The Morgan fingerprint density at radius 2 is 1.79 bits per heavy atom. The summed E-state index contributed by atoms with van der Waals surface area (Å²) < 4.78 is 23.6. The quantitative estimate of drug-likeness (QED) is 0.397. The van der Waals surface area contributed by atoms with Gasteiger partial charge in [-0.3, -0.25) is 0 Å². The number of oxazole rings is 1. The molecule has 0 fully saturated rings. The molecule has 0 amide bonds. The summed E-state index contributed by atoms with van der Waals surface area (Å²) in [6.45, 7) is -0.0582. The fourth-order valence-electron chi connectivity index (χ4n) is 2.40. The zero-order chi connectivity index (χ0) is 19.5. The van der Waals surface area contributed by atoms with E-state index in [1.807, 2.05) is 12.1 Å². The number of rotatable bonds is 5. The summed E-state index contributed by atoms with van der Waals surface area (Å²) >= 11 is 7.22. The van der Waals surface area contributed by atoms with Crippen LogP contribution in [-0.4, -0.2) is 15.9 Å². The number of halogens is 2. The number of benzene rings is 2. The smallest absolute Gasteiger partial charge is 0.358 e. The molecule has 0 aliphatic heterocycles. The molecule has 0 saturated carbocycles. The zero-order valence-corrected chi connectivity index (χ0v) is 15.8. The number of aromatic nitrogens is 2. The van der Waals surface area contributed by atoms with Crippen LogP contribution >= 0.6 is 22.9 Å². The molecule has 8 heteroatoms. The lowest BCUT2D eigenvalue weighted by Crippen LogP contribution is -2.05. The van der Waals surface area contributed by atoms with Gasteiger partial charge in [-0.25, -0.2) is 19.2 Å². The fourth-order valence-corrected chi connectivity index (χ4v) is 3.33. The Balaban J connectivity index is 1.40. The van der Waals surface area contributed by atoms with E-state index in [1.54, 1.807) is 29.6 Å². The molecule has 28 heavy (non-hydrogen) atoms. The van der Waals surface area contributed by atoms with Crippen molar-refractivity contribution >= 4 is 28.9 Å². The number of hydrogen-bond acceptors (Lipinski definition) is 6. The van der Waals surface area contributed by atoms with Gasteiger partial charge in [0.15, 0.2) is 5.69 Å². The van der Waals surface area contributed by atoms with Gasteiger partial charge in [0.25, 0.3) is 0 Å². The Hall–Kier alpha value is -3.03. The first-order valence-corrected chi connectivity index (χ1v) is 9.43. The van der Waals surface area contributed by atoms with E-state index >= 15 is 0 Å². The molecule has 2 aromatic heterocycles. The van der Waals surface area contributed by atoms with Crippen LogP contribution in [-0.2, 0) is 11.3 Å². The predicted octanol–water partition coefficient (Wildman–Crippen LogP) is 5.61. The van der Waals surface area contributed by atoms with Gasteiger partial charge < -0.3 is 9.15 Å². The second kappa shape index (κ2) is 7.92. The van der Waals surface area contributed by atoms with E-state index in [9.17, 15) is 9.18 Å². The van der Waals surface area contributed by atoms with Crippen molar-refractivity contribution in [2.24, 2.45) is 0 Å². The first-order valence-electron chi connectivity index (χ1n) is 8.17. The van der Waals surface area contributed by atoms with Gasteiger partial charge in [-0.15, -0.1) is 11.3 Å². The van der Waals surface area contributed by atoms with Gasteiger partial charge in [0.05, 0.1) is 0 Å². The summed E-state index contributed by atoms with van der Waals surface area (Å²) in [5.74, 6) is -0.571. The van der Waals surface area contributed by atoms with Crippen LogP contribution in [0.2, 0.25) is 5.02 Å². The van der Waals surface area contributed by atoms with Crippen molar-refractivity contribution in [1.29, 1.82) is 0 Å². The molecule has 0 N–H and O–H groups in total. The number of esters is 1. The number of carbonyl (C=O) groups is 1. The summed E-state index contributed by atoms with van der Waals surface area (Å²) in [7, 11) is 0. The Labute approximate surface area is 168 Å². The molecule has 0 aliphatic rings. The first-order chi connectivity index (χ1) is 13.6. The topological polar surface area (TPSA) is 65.2 Å². The van der Waals surface area contributed by atoms with Gasteiger partial charge >= 0.3 is 5.97 Å². The number of hydrogen-bond donors (Lipinski definition) is 0. The summed E-state index contributed by atoms with van der Waals surface area (Å²) in [5, 5.41) is 2.97. The Kier molecular flexibility index (Phi) is 5.18. The summed E-state index contributed by atoms with van der Waals surface area (Å²) in [6, 6.07) is 13.0. The van der Waals surface area contributed by atoms with E-state index in [4.69, 9.17) is 20.8 Å². The summed E-state index contributed by atoms with van der Waals surface area (Å²) in [6.07, 6.45) is 1.39. The second-order valence-electron chi connectivity index (χ2n) is 5.77. The molecule has 5 nitrogen and oxygen atoms in total. The molecule has 0 bridgehead atoms. The second-order valence-corrected chi connectivity index (χ2v) is 7.07. The van der Waals surface area contributed by atoms with Crippen molar-refractivity contribution in [2.75, 3.05) is 0 Å². The highest BCUT2D eigenvalue weighted by molar-refractivity contribution is 7.13. The highest BCUT2D eigenvalue weighted by atomic mass is 35.5. The minimum absolute atomic E-state index is 0.0582. The molecule has 0 spiro atoms. The largest absolute Gasteiger partial charge is 0.454 e. The number of ether oxygens (including phenoxy) is 1. The third-order valence-electron chi connectivity index (χ3n) is 3.80. The maximum atomic E-state index is 13.0. The molecular weight excluding hydrogens is 403 g/mol. The standard InChI is InChI=1S/C20H12ClFN2O3S/c21-14-5-1-13(2-6-14)19-24-17(11-28-19)20(25)27-10-16-9-26-18(23-16)12-3-7-15(22)8-4-12/h1-9,11H,10H2. The lowest BCUT2D eigenvalue weighted by Gasteiger charge is -1.99. The van der Waals surface area contributed by atoms with E-state index in [0.29, 0.717) is 27.2 Å². The number of carbonyl (C=O) groups excluding carboxylic acids is 1. The van der Waals surface area contributed by atoms with Gasteiger partial charge in [0.1, 0.15) is 29.4 Å². The summed E-state index contributed by atoms with van der Waals surface area (Å²) in [5.41, 5.74) is 2.16. The van der Waals surface area contributed by atoms with Crippen molar-refractivity contribution in [1.82, 2.24) is 9.97 Å². The van der Waals surface area contributed by atoms with E-state index in [1.165, 1.54) is 29.7 Å². The Bertz CT molecular complexity index is 1110. The Morgan fingerprint density at radius 3 is 2.54 bits per heavy atom. The van der Waals surface area contributed by atoms with E-state index in [2.05, 4.69) is 9.97 Å². The molecule has 0 atom stereocenters. The molecule has 2 aromatic carbocycles. The maximum Gasteiger partial charge on any atom is 0.358 e. The van der Waals surface area contributed by atoms with Crippen molar-refractivity contribution in [3.8, 4) is 22.0 Å². The molecular formula is C20H12ClFN2O3S. The van der Waals surface area contributed by atoms with Gasteiger partial charge in [0.2, 0.25) is 5.89 Å². The number of thiazole rings is 1. The van der Waals surface area contributed by atoms with E-state index < -0.39 is 5.97 Å². The highest BCUT2D eigenvalue weighted by Gasteiger charge is 2.15. The van der Waals surface area contributed by atoms with Crippen molar-refractivity contribution in [2.45, 2.75) is 6.61 Å². The van der Waals surface area contributed by atoms with Crippen LogP contribution in [0, 0.1) is 5.82 Å². The molecule has 0 unspecified atom stereocenters. The third-order valence-corrected chi connectivity index (χ3v) is 4.94. The first kappa shape index (κ1) is 18.3. The van der Waals surface area contributed by atoms with Gasteiger partial charge in [-0.1, -0.05) is 23.7 Å². The average molecular weight is 415 g/mol. The molecule has 4 aromatic rings. The van der Waals surface area contributed by atoms with Crippen LogP contribution in [0.25, 0.3) is 22.0 Å². The average Bonchev–Trinajstić information content (AvgIpc) is 3.37. The van der Waals surface area contributed by atoms with Gasteiger partial charge in [0, 0.05) is 21.5 Å². The fraction of sp³-hybridized carbons (Fsp3) is 0.0500. The van der Waals surface area contributed by atoms with Crippen LogP contribution in [0.5, 0.6) is 0 Å². The molecule has 0 aliphatic carbocycles. The molecule has 140 valence electrons. The van der Waals surface area contributed by atoms with Crippen LogP contribution < -0.4 is 0 Å². The van der Waals surface area contributed by atoms with Crippen molar-refractivity contribution < 1.29 is 18.3 Å². The Morgan fingerprint density at radius 1 is 1.07 bits per heavy atom. The zero-order valence-electron chi connectivity index (χ0n) is 14.3. The minimum Gasteiger partial charge on any atom is -0.454 e. The lowest BCUT2D eigenvalue weighted by molar-refractivity contribution is 0.0462. The van der Waals surface area contributed by atoms with Crippen molar-refractivity contribution in [3.05, 3.63) is 82.4 Å². The lowest BCUT2D eigenvalue weighted by atomic mass is 10.2. The van der Waals surface area contributed by atoms with Crippen LogP contribution in [0.1, 0.15) is 16.2 Å². The highest BCUT2D eigenvalue weighted by Crippen LogP contribution is 2.25. The summed E-state index contributed by atoms with van der Waals surface area (Å²) in [4.78, 5) is 20.8. The molecule has 0 radical (unpaired) electrons. The van der Waals surface area contributed by atoms with Crippen LogP contribution in [0.3, 0.4) is 0 Å².